The van der Waals surface area contributed by atoms with Gasteiger partial charge < -0.3 is 14.6 Å². The van der Waals surface area contributed by atoms with Crippen LogP contribution in [0.15, 0.2) is 28.8 Å². The number of nitrogens with one attached hydrogen (secondary N) is 1. The van der Waals surface area contributed by atoms with Gasteiger partial charge in [0.05, 0.1) is 13.2 Å². The summed E-state index contributed by atoms with van der Waals surface area (Å²) in [5.74, 6) is 1.23. The molecule has 1 aromatic heterocycles. The van der Waals surface area contributed by atoms with E-state index in [0.29, 0.717) is 16.7 Å². The third-order valence-corrected chi connectivity index (χ3v) is 4.23. The van der Waals surface area contributed by atoms with Crippen molar-refractivity contribution in [2.24, 2.45) is 0 Å². The Kier molecular flexibility index (Phi) is 6.60. The molecular formula is C17H23ClN4O2. The Morgan fingerprint density at radius 1 is 1.21 bits per heavy atom. The fraction of sp³-hybridized carbons (Fsp3) is 0.529. The van der Waals surface area contributed by atoms with Gasteiger partial charge in [-0.25, -0.2) is 0 Å². The quantitative estimate of drug-likeness (QED) is 0.737. The highest BCUT2D eigenvalue weighted by atomic mass is 35.5. The van der Waals surface area contributed by atoms with Gasteiger partial charge in [-0.2, -0.15) is 4.98 Å². The fourth-order valence-corrected chi connectivity index (χ4v) is 2.86. The standard InChI is InChI=1S/C17H23ClN4O2/c18-15-4-1-3-14(13-15)17-20-16(24-21-17)5-7-19-6-2-8-22-9-11-23-12-10-22/h1,3-4,13,19H,2,5-12H2. The maximum Gasteiger partial charge on any atom is 0.228 e. The molecule has 7 heteroatoms. The van der Waals surface area contributed by atoms with Crippen molar-refractivity contribution in [2.45, 2.75) is 12.8 Å². The Hall–Kier alpha value is -1.47. The number of rotatable bonds is 8. The molecular weight excluding hydrogens is 328 g/mol. The second kappa shape index (κ2) is 9.13. The monoisotopic (exact) mass is 350 g/mol. The van der Waals surface area contributed by atoms with Gasteiger partial charge >= 0.3 is 0 Å². The number of morpholine rings is 1. The first kappa shape index (κ1) is 17.4. The number of hydrogen-bond donors (Lipinski definition) is 1. The fourth-order valence-electron chi connectivity index (χ4n) is 2.67. The Labute approximate surface area is 147 Å². The molecule has 0 amide bonds. The van der Waals surface area contributed by atoms with Gasteiger partial charge in [-0.3, -0.25) is 4.90 Å². The number of hydrogen-bond acceptors (Lipinski definition) is 6. The largest absolute Gasteiger partial charge is 0.379 e. The summed E-state index contributed by atoms with van der Waals surface area (Å²) in [6.45, 7) is 6.77. The Morgan fingerprint density at radius 2 is 2.08 bits per heavy atom. The number of halogens is 1. The van der Waals surface area contributed by atoms with Crippen molar-refractivity contribution >= 4 is 11.6 Å². The Balaban J connectivity index is 1.34. The molecule has 0 unspecified atom stereocenters. The van der Waals surface area contributed by atoms with Gasteiger partial charge in [-0.15, -0.1) is 0 Å². The van der Waals surface area contributed by atoms with Crippen molar-refractivity contribution in [1.82, 2.24) is 20.4 Å². The van der Waals surface area contributed by atoms with Crippen molar-refractivity contribution in [1.29, 1.82) is 0 Å². The minimum atomic E-state index is 0.583. The normalized spacial score (nSPS) is 15.7. The molecule has 3 rings (SSSR count). The van der Waals surface area contributed by atoms with Crippen LogP contribution in [0.3, 0.4) is 0 Å². The molecule has 1 saturated heterocycles. The Morgan fingerprint density at radius 3 is 2.92 bits per heavy atom. The molecule has 0 saturated carbocycles. The summed E-state index contributed by atoms with van der Waals surface area (Å²) in [6.07, 6.45) is 1.86. The summed E-state index contributed by atoms with van der Waals surface area (Å²) >= 11 is 5.98. The van der Waals surface area contributed by atoms with Crippen LogP contribution in [-0.2, 0) is 11.2 Å². The van der Waals surface area contributed by atoms with Crippen LogP contribution < -0.4 is 5.32 Å². The number of aromatic nitrogens is 2. The summed E-state index contributed by atoms with van der Waals surface area (Å²) < 4.78 is 10.6. The van der Waals surface area contributed by atoms with Crippen LogP contribution >= 0.6 is 11.6 Å². The molecule has 0 aliphatic carbocycles. The smallest absolute Gasteiger partial charge is 0.228 e. The van der Waals surface area contributed by atoms with Crippen LogP contribution in [0.5, 0.6) is 0 Å². The van der Waals surface area contributed by atoms with Gasteiger partial charge in [0, 0.05) is 36.6 Å². The van der Waals surface area contributed by atoms with E-state index in [0.717, 1.165) is 64.3 Å². The van der Waals surface area contributed by atoms with E-state index in [1.165, 1.54) is 0 Å². The minimum Gasteiger partial charge on any atom is -0.379 e. The molecule has 1 aliphatic heterocycles. The summed E-state index contributed by atoms with van der Waals surface area (Å²) in [4.78, 5) is 6.86. The van der Waals surface area contributed by atoms with Crippen LogP contribution in [0.1, 0.15) is 12.3 Å². The average Bonchev–Trinajstić information content (AvgIpc) is 3.08. The van der Waals surface area contributed by atoms with Gasteiger partial charge in [0.25, 0.3) is 0 Å². The molecule has 24 heavy (non-hydrogen) atoms. The average molecular weight is 351 g/mol. The summed E-state index contributed by atoms with van der Waals surface area (Å²) in [5.41, 5.74) is 0.871. The molecule has 1 aliphatic rings. The highest BCUT2D eigenvalue weighted by Gasteiger charge is 2.10. The zero-order valence-corrected chi connectivity index (χ0v) is 14.5. The third kappa shape index (κ3) is 5.27. The SMILES string of the molecule is Clc1cccc(-c2noc(CCNCCCN3CCOCC3)n2)c1. The van der Waals surface area contributed by atoms with E-state index in [9.17, 15) is 0 Å². The predicted octanol–water partition coefficient (Wildman–Crippen LogP) is 2.24. The molecule has 2 heterocycles. The topological polar surface area (TPSA) is 63.4 Å². The molecule has 2 aromatic rings. The maximum atomic E-state index is 5.98. The molecule has 0 atom stereocenters. The van der Waals surface area contributed by atoms with Crippen LogP contribution in [0.25, 0.3) is 11.4 Å². The van der Waals surface area contributed by atoms with Crippen LogP contribution in [0, 0.1) is 0 Å². The van der Waals surface area contributed by atoms with Gasteiger partial charge in [0.15, 0.2) is 0 Å². The number of ether oxygens (including phenoxy) is 1. The maximum absolute atomic E-state index is 5.98. The van der Waals surface area contributed by atoms with Gasteiger partial charge in [-0.05, 0) is 31.6 Å². The van der Waals surface area contributed by atoms with Crippen molar-refractivity contribution in [2.75, 3.05) is 45.9 Å². The molecule has 1 aromatic carbocycles. The van der Waals surface area contributed by atoms with Gasteiger partial charge in [0.2, 0.25) is 11.7 Å². The van der Waals surface area contributed by atoms with Crippen molar-refractivity contribution in [3.05, 3.63) is 35.2 Å². The second-order valence-electron chi connectivity index (χ2n) is 5.83. The first-order valence-corrected chi connectivity index (χ1v) is 8.78. The highest BCUT2D eigenvalue weighted by Crippen LogP contribution is 2.19. The van der Waals surface area contributed by atoms with Crippen LogP contribution in [0.2, 0.25) is 5.02 Å². The van der Waals surface area contributed by atoms with E-state index >= 15 is 0 Å². The lowest BCUT2D eigenvalue weighted by molar-refractivity contribution is 0.0374. The van der Waals surface area contributed by atoms with E-state index in [1.807, 2.05) is 24.3 Å². The summed E-state index contributed by atoms with van der Waals surface area (Å²) in [5, 5.41) is 8.10. The molecule has 0 radical (unpaired) electrons. The zero-order valence-electron chi connectivity index (χ0n) is 13.7. The van der Waals surface area contributed by atoms with Gasteiger partial charge in [0.1, 0.15) is 0 Å². The minimum absolute atomic E-state index is 0.583. The molecule has 1 fully saturated rings. The lowest BCUT2D eigenvalue weighted by atomic mass is 10.2. The van der Waals surface area contributed by atoms with Crippen molar-refractivity contribution in [3.63, 3.8) is 0 Å². The van der Waals surface area contributed by atoms with Crippen LogP contribution in [0.4, 0.5) is 0 Å². The molecule has 6 nitrogen and oxygen atoms in total. The van der Waals surface area contributed by atoms with Crippen molar-refractivity contribution in [3.8, 4) is 11.4 Å². The van der Waals surface area contributed by atoms with E-state index in [1.54, 1.807) is 0 Å². The highest BCUT2D eigenvalue weighted by molar-refractivity contribution is 6.30. The van der Waals surface area contributed by atoms with E-state index in [4.69, 9.17) is 20.9 Å². The van der Waals surface area contributed by atoms with E-state index in [-0.39, 0.29) is 0 Å². The zero-order chi connectivity index (χ0) is 16.6. The first-order valence-electron chi connectivity index (χ1n) is 8.40. The van der Waals surface area contributed by atoms with E-state index in [2.05, 4.69) is 20.4 Å². The first-order chi connectivity index (χ1) is 11.8. The molecule has 0 spiro atoms. The molecule has 130 valence electrons. The second-order valence-corrected chi connectivity index (χ2v) is 6.27. The third-order valence-electron chi connectivity index (χ3n) is 4.00. The van der Waals surface area contributed by atoms with Crippen molar-refractivity contribution < 1.29 is 9.26 Å². The lowest BCUT2D eigenvalue weighted by Gasteiger charge is -2.26. The lowest BCUT2D eigenvalue weighted by Crippen LogP contribution is -2.37. The summed E-state index contributed by atoms with van der Waals surface area (Å²) in [7, 11) is 0. The number of benzene rings is 1. The Bertz CT molecular complexity index is 629. The van der Waals surface area contributed by atoms with Gasteiger partial charge in [-0.1, -0.05) is 28.9 Å². The van der Waals surface area contributed by atoms with Crippen LogP contribution in [-0.4, -0.2) is 61.0 Å². The molecule has 0 bridgehead atoms. The summed E-state index contributed by atoms with van der Waals surface area (Å²) in [6, 6.07) is 7.46. The van der Waals surface area contributed by atoms with E-state index < -0.39 is 0 Å². The number of nitrogens with zero attached hydrogens (tertiary/aromatic N) is 3. The predicted molar refractivity (Wildman–Crippen MR) is 93.2 cm³/mol. The molecule has 1 N–H and O–H groups in total.